The number of carbonyl (C=O) groups is 1. The van der Waals surface area contributed by atoms with Crippen molar-refractivity contribution in [3.63, 3.8) is 0 Å². The molecule has 1 atom stereocenters. The number of benzene rings is 3. The minimum atomic E-state index is -0.478. The van der Waals surface area contributed by atoms with E-state index in [-0.39, 0.29) is 18.0 Å². The normalized spacial score (nSPS) is 16.1. The zero-order valence-electron chi connectivity index (χ0n) is 24.0. The average molecular weight is 584 g/mol. The molecule has 0 bridgehead atoms. The van der Waals surface area contributed by atoms with Crippen molar-refractivity contribution in [2.45, 2.75) is 26.2 Å². The molecule has 0 radical (unpaired) electrons. The number of thioether (sulfide) groups is 1. The third kappa shape index (κ3) is 6.06. The maximum atomic E-state index is 13.0. The molecule has 1 amide bonds. The molecule has 0 fully saturated rings. The second-order valence-electron chi connectivity index (χ2n) is 9.76. The predicted molar refractivity (Wildman–Crippen MR) is 168 cm³/mol. The van der Waals surface area contributed by atoms with E-state index in [0.717, 1.165) is 23.4 Å². The highest BCUT2D eigenvalue weighted by atomic mass is 32.2. The second-order valence-corrected chi connectivity index (χ2v) is 10.6. The molecule has 3 aromatic rings. The summed E-state index contributed by atoms with van der Waals surface area (Å²) in [4.78, 5) is 18.9. The molecule has 42 heavy (non-hydrogen) atoms. The van der Waals surface area contributed by atoms with Crippen LogP contribution in [0.2, 0.25) is 0 Å². The van der Waals surface area contributed by atoms with Gasteiger partial charge in [-0.15, -0.1) is 0 Å². The van der Waals surface area contributed by atoms with Gasteiger partial charge < -0.3 is 18.9 Å². The van der Waals surface area contributed by atoms with Gasteiger partial charge in [0.15, 0.2) is 16.7 Å². The van der Waals surface area contributed by atoms with Gasteiger partial charge in [-0.05, 0) is 59.4 Å². The minimum absolute atomic E-state index is 0.0534. The summed E-state index contributed by atoms with van der Waals surface area (Å²) >= 11 is 1.33. The molecule has 9 heteroatoms. The lowest BCUT2D eigenvalue weighted by atomic mass is 9.99. The highest BCUT2D eigenvalue weighted by Gasteiger charge is 2.36. The summed E-state index contributed by atoms with van der Waals surface area (Å²) in [5.74, 6) is 2.15. The SMILES string of the molecule is CCC(C)c1ccc(OCCOc2c(OC)cc(C=C3C(=N)N4C(c5ccccc5)=CSC4=NC3=O)cc2OC)cc1. The lowest BCUT2D eigenvalue weighted by molar-refractivity contribution is -0.114. The Morgan fingerprint density at radius 1 is 0.976 bits per heavy atom. The molecular weight excluding hydrogens is 550 g/mol. The van der Waals surface area contributed by atoms with Crippen molar-refractivity contribution in [1.29, 1.82) is 5.41 Å². The molecule has 2 aliphatic rings. The summed E-state index contributed by atoms with van der Waals surface area (Å²) in [7, 11) is 3.08. The number of amidine groups is 2. The van der Waals surface area contributed by atoms with E-state index < -0.39 is 5.91 Å². The topological polar surface area (TPSA) is 93.4 Å². The van der Waals surface area contributed by atoms with Crippen LogP contribution in [0.3, 0.4) is 0 Å². The summed E-state index contributed by atoms with van der Waals surface area (Å²) < 4.78 is 23.1. The maximum absolute atomic E-state index is 13.0. The van der Waals surface area contributed by atoms with E-state index in [1.807, 2.05) is 47.9 Å². The molecule has 2 aliphatic heterocycles. The Labute approximate surface area is 250 Å². The van der Waals surface area contributed by atoms with Crippen molar-refractivity contribution < 1.29 is 23.7 Å². The largest absolute Gasteiger partial charge is 0.493 e. The Balaban J connectivity index is 1.31. The molecule has 0 spiro atoms. The van der Waals surface area contributed by atoms with Gasteiger partial charge in [-0.1, -0.05) is 68.1 Å². The molecule has 3 aromatic carbocycles. The van der Waals surface area contributed by atoms with Crippen molar-refractivity contribution in [3.05, 3.63) is 94.4 Å². The number of carbonyl (C=O) groups excluding carboxylic acids is 1. The summed E-state index contributed by atoms with van der Waals surface area (Å²) in [6.45, 7) is 4.98. The summed E-state index contributed by atoms with van der Waals surface area (Å²) in [5, 5.41) is 11.3. The van der Waals surface area contributed by atoms with Crippen LogP contribution < -0.4 is 18.9 Å². The van der Waals surface area contributed by atoms with Gasteiger partial charge in [0.05, 0.1) is 25.5 Å². The first-order chi connectivity index (χ1) is 20.4. The fourth-order valence-electron chi connectivity index (χ4n) is 4.64. The van der Waals surface area contributed by atoms with Gasteiger partial charge in [-0.3, -0.25) is 15.1 Å². The highest BCUT2D eigenvalue weighted by molar-refractivity contribution is 8.17. The van der Waals surface area contributed by atoms with Crippen LogP contribution in [0.1, 0.15) is 42.9 Å². The molecule has 5 rings (SSSR count). The monoisotopic (exact) mass is 583 g/mol. The van der Waals surface area contributed by atoms with Crippen LogP contribution in [0.25, 0.3) is 11.8 Å². The molecule has 0 saturated heterocycles. The van der Waals surface area contributed by atoms with Gasteiger partial charge in [-0.2, -0.15) is 4.99 Å². The number of nitrogens with one attached hydrogen (secondary N) is 1. The zero-order chi connectivity index (χ0) is 29.6. The summed E-state index contributed by atoms with van der Waals surface area (Å²) in [6, 6.07) is 21.3. The van der Waals surface area contributed by atoms with Crippen LogP contribution >= 0.6 is 11.8 Å². The zero-order valence-corrected chi connectivity index (χ0v) is 24.9. The predicted octanol–water partition coefficient (Wildman–Crippen LogP) is 6.98. The Morgan fingerprint density at radius 2 is 1.64 bits per heavy atom. The third-order valence-corrected chi connectivity index (χ3v) is 7.96. The van der Waals surface area contributed by atoms with E-state index in [4.69, 9.17) is 24.4 Å². The summed E-state index contributed by atoms with van der Waals surface area (Å²) in [5.41, 5.74) is 3.79. The number of methoxy groups -OCH3 is 2. The minimum Gasteiger partial charge on any atom is -0.493 e. The molecule has 8 nitrogen and oxygen atoms in total. The van der Waals surface area contributed by atoms with Crippen molar-refractivity contribution in [2.75, 3.05) is 27.4 Å². The van der Waals surface area contributed by atoms with Crippen molar-refractivity contribution in [2.24, 2.45) is 4.99 Å². The molecule has 1 N–H and O–H groups in total. The molecule has 0 saturated carbocycles. The number of amides is 1. The van der Waals surface area contributed by atoms with Crippen molar-refractivity contribution >= 4 is 40.4 Å². The Kier molecular flexibility index (Phi) is 8.97. The molecule has 2 heterocycles. The van der Waals surface area contributed by atoms with Crippen LogP contribution in [0.4, 0.5) is 0 Å². The molecule has 0 aromatic heterocycles. The Morgan fingerprint density at radius 3 is 2.29 bits per heavy atom. The molecule has 0 aliphatic carbocycles. The van der Waals surface area contributed by atoms with Gasteiger partial charge in [-0.25, -0.2) is 0 Å². The first-order valence-corrected chi connectivity index (χ1v) is 14.6. The standard InChI is InChI=1S/C33H33N3O5S/c1-5-21(2)23-11-13-25(14-12-23)40-15-16-41-30-28(38-3)18-22(19-29(30)39-4)17-26-31(34)36-27(24-9-7-6-8-10-24)20-42-33(36)35-32(26)37/h6-14,17-21,34H,5,15-16H2,1-4H3. The first kappa shape index (κ1) is 29.0. The van der Waals surface area contributed by atoms with Gasteiger partial charge in [0.1, 0.15) is 24.8 Å². The van der Waals surface area contributed by atoms with Crippen LogP contribution in [-0.4, -0.2) is 49.2 Å². The van der Waals surface area contributed by atoms with E-state index in [9.17, 15) is 4.79 Å². The quantitative estimate of drug-likeness (QED) is 0.192. The van der Waals surface area contributed by atoms with E-state index in [1.165, 1.54) is 31.5 Å². The van der Waals surface area contributed by atoms with Gasteiger partial charge in [0, 0.05) is 5.41 Å². The smallest absolute Gasteiger partial charge is 0.283 e. The van der Waals surface area contributed by atoms with E-state index in [1.54, 1.807) is 23.1 Å². The number of fused-ring (bicyclic) bond motifs is 1. The molecule has 216 valence electrons. The van der Waals surface area contributed by atoms with Crippen LogP contribution in [0, 0.1) is 5.41 Å². The second kappa shape index (κ2) is 13.0. The van der Waals surface area contributed by atoms with E-state index in [0.29, 0.717) is 40.5 Å². The highest BCUT2D eigenvalue weighted by Crippen LogP contribution is 2.41. The lowest BCUT2D eigenvalue weighted by Gasteiger charge is -2.27. The number of rotatable bonds is 11. The van der Waals surface area contributed by atoms with Crippen molar-refractivity contribution in [1.82, 2.24) is 4.90 Å². The fourth-order valence-corrected chi connectivity index (χ4v) is 5.53. The van der Waals surface area contributed by atoms with Crippen LogP contribution in [-0.2, 0) is 4.79 Å². The number of ether oxygens (including phenoxy) is 4. The van der Waals surface area contributed by atoms with Gasteiger partial charge in [0.25, 0.3) is 5.91 Å². The average Bonchev–Trinajstić information content (AvgIpc) is 3.45. The fraction of sp³-hybridized carbons (Fsp3) is 0.242. The van der Waals surface area contributed by atoms with Crippen LogP contribution in [0.5, 0.6) is 23.0 Å². The lowest BCUT2D eigenvalue weighted by Crippen LogP contribution is -2.38. The molecule has 1 unspecified atom stereocenters. The maximum Gasteiger partial charge on any atom is 0.283 e. The number of hydrogen-bond donors (Lipinski definition) is 1. The number of nitrogens with zero attached hydrogens (tertiary/aromatic N) is 2. The van der Waals surface area contributed by atoms with E-state index in [2.05, 4.69) is 31.0 Å². The van der Waals surface area contributed by atoms with Crippen molar-refractivity contribution in [3.8, 4) is 23.0 Å². The van der Waals surface area contributed by atoms with Crippen LogP contribution in [0.15, 0.2) is 82.7 Å². The van der Waals surface area contributed by atoms with Gasteiger partial charge >= 0.3 is 0 Å². The number of hydrogen-bond acceptors (Lipinski definition) is 7. The molecular formula is C33H33N3O5S. The van der Waals surface area contributed by atoms with Gasteiger partial charge in [0.2, 0.25) is 5.75 Å². The Bertz CT molecular complexity index is 1540. The third-order valence-electron chi connectivity index (χ3n) is 7.14. The first-order valence-electron chi connectivity index (χ1n) is 13.7. The summed E-state index contributed by atoms with van der Waals surface area (Å²) in [6.07, 6.45) is 2.71. The number of aliphatic imine (C=N–C) groups is 1. The van der Waals surface area contributed by atoms with E-state index >= 15 is 0 Å². The Hall–Kier alpha value is -4.50.